The first-order chi connectivity index (χ1) is 8.01. The van der Waals surface area contributed by atoms with Crippen molar-refractivity contribution in [1.82, 2.24) is 0 Å². The van der Waals surface area contributed by atoms with Crippen LogP contribution in [-0.2, 0) is 9.53 Å². The molecule has 6 heteroatoms. The fourth-order valence-corrected chi connectivity index (χ4v) is 1.79. The van der Waals surface area contributed by atoms with Gasteiger partial charge in [-0.1, -0.05) is 15.9 Å². The predicted molar refractivity (Wildman–Crippen MR) is 62.2 cm³/mol. The van der Waals surface area contributed by atoms with E-state index in [1.165, 1.54) is 19.2 Å². The third kappa shape index (κ3) is 3.17. The molecule has 0 aliphatic heterocycles. The maximum Gasteiger partial charge on any atom is 0.339 e. The first-order valence-electron chi connectivity index (χ1n) is 4.88. The number of benzene rings is 1. The summed E-state index contributed by atoms with van der Waals surface area (Å²) in [6, 6.07) is 2.59. The maximum absolute atomic E-state index is 13.5. The number of aliphatic hydroxyl groups is 1. The van der Waals surface area contributed by atoms with Crippen molar-refractivity contribution in [3.05, 3.63) is 28.0 Å². The lowest BCUT2D eigenvalue weighted by molar-refractivity contribution is -0.153. The summed E-state index contributed by atoms with van der Waals surface area (Å²) in [6.45, 7) is 1.75. The molecule has 0 spiro atoms. The van der Waals surface area contributed by atoms with E-state index in [0.717, 1.165) is 0 Å². The summed E-state index contributed by atoms with van der Waals surface area (Å²) in [5.74, 6) is -1.68. The largest absolute Gasteiger partial charge is 0.493 e. The van der Waals surface area contributed by atoms with Crippen molar-refractivity contribution < 1.29 is 23.8 Å². The number of aliphatic hydroxyl groups excluding tert-OH is 1. The quantitative estimate of drug-likeness (QED) is 0.866. The highest BCUT2D eigenvalue weighted by Gasteiger charge is 2.25. The second-order valence-electron chi connectivity index (χ2n) is 3.16. The highest BCUT2D eigenvalue weighted by Crippen LogP contribution is 2.32. The summed E-state index contributed by atoms with van der Waals surface area (Å²) in [7, 11) is 1.26. The van der Waals surface area contributed by atoms with Gasteiger partial charge in [0.05, 0.1) is 13.7 Å². The molecular weight excluding hydrogens is 295 g/mol. The molecule has 1 aromatic carbocycles. The Morgan fingerprint density at radius 1 is 1.59 bits per heavy atom. The lowest BCUT2D eigenvalue weighted by Gasteiger charge is -2.14. The Balaban J connectivity index is 3.15. The Labute approximate surface area is 106 Å². The van der Waals surface area contributed by atoms with Crippen LogP contribution in [0.3, 0.4) is 0 Å². The minimum absolute atomic E-state index is 0.0258. The molecule has 0 amide bonds. The number of esters is 1. The van der Waals surface area contributed by atoms with Crippen LogP contribution in [0.15, 0.2) is 16.6 Å². The van der Waals surface area contributed by atoms with Gasteiger partial charge in [-0.2, -0.15) is 0 Å². The van der Waals surface area contributed by atoms with Crippen molar-refractivity contribution in [2.24, 2.45) is 0 Å². The molecule has 1 atom stereocenters. The van der Waals surface area contributed by atoms with Gasteiger partial charge in [-0.15, -0.1) is 0 Å². The summed E-state index contributed by atoms with van der Waals surface area (Å²) in [6.07, 6.45) is -1.57. The monoisotopic (exact) mass is 306 g/mol. The van der Waals surface area contributed by atoms with Crippen LogP contribution in [0.25, 0.3) is 0 Å². The van der Waals surface area contributed by atoms with Crippen molar-refractivity contribution in [2.45, 2.75) is 13.0 Å². The van der Waals surface area contributed by atoms with Crippen LogP contribution in [0.5, 0.6) is 5.75 Å². The minimum Gasteiger partial charge on any atom is -0.493 e. The van der Waals surface area contributed by atoms with E-state index in [1.54, 1.807) is 6.92 Å². The molecule has 0 heterocycles. The predicted octanol–water partition coefficient (Wildman–Crippen LogP) is 2.19. The molecule has 17 heavy (non-hydrogen) atoms. The Morgan fingerprint density at radius 2 is 2.24 bits per heavy atom. The van der Waals surface area contributed by atoms with Gasteiger partial charge in [0.1, 0.15) is 0 Å². The Morgan fingerprint density at radius 3 is 2.76 bits per heavy atom. The SMILES string of the molecule is CCOC(=O)C(O)c1cc(Br)cc(F)c1OC. The standard InChI is InChI=1S/C11H12BrFO4/c1-3-17-11(15)9(14)7-4-6(12)5-8(13)10(7)16-2/h4-5,9,14H,3H2,1-2H3. The second-order valence-corrected chi connectivity index (χ2v) is 4.08. The van der Waals surface area contributed by atoms with Crippen LogP contribution in [0, 0.1) is 5.82 Å². The van der Waals surface area contributed by atoms with Crippen molar-refractivity contribution in [2.75, 3.05) is 13.7 Å². The van der Waals surface area contributed by atoms with Gasteiger partial charge in [0, 0.05) is 10.0 Å². The van der Waals surface area contributed by atoms with Gasteiger partial charge in [0.25, 0.3) is 0 Å². The topological polar surface area (TPSA) is 55.8 Å². The van der Waals surface area contributed by atoms with Crippen LogP contribution in [0.2, 0.25) is 0 Å². The summed E-state index contributed by atoms with van der Waals surface area (Å²) in [5.41, 5.74) is 0.0258. The third-order valence-corrected chi connectivity index (χ3v) is 2.50. The van der Waals surface area contributed by atoms with Gasteiger partial charge in [-0.3, -0.25) is 0 Å². The summed E-state index contributed by atoms with van der Waals surface area (Å²) in [5, 5.41) is 9.74. The average Bonchev–Trinajstić information content (AvgIpc) is 2.27. The Kier molecular flexibility index (Phi) is 4.89. The Hall–Kier alpha value is -1.14. The molecule has 0 saturated carbocycles. The normalized spacial score (nSPS) is 12.1. The van der Waals surface area contributed by atoms with Gasteiger partial charge in [-0.25, -0.2) is 9.18 Å². The molecule has 0 aromatic heterocycles. The molecule has 0 radical (unpaired) electrons. The molecule has 0 bridgehead atoms. The fourth-order valence-electron chi connectivity index (χ4n) is 1.35. The zero-order valence-corrected chi connectivity index (χ0v) is 11.0. The summed E-state index contributed by atoms with van der Waals surface area (Å²) < 4.78 is 23.4. The van der Waals surface area contributed by atoms with E-state index in [0.29, 0.717) is 4.47 Å². The number of rotatable bonds is 4. The number of carbonyl (C=O) groups excluding carboxylic acids is 1. The zero-order valence-electron chi connectivity index (χ0n) is 9.37. The fraction of sp³-hybridized carbons (Fsp3) is 0.364. The third-order valence-electron chi connectivity index (χ3n) is 2.05. The van der Waals surface area contributed by atoms with Crippen molar-refractivity contribution in [3.8, 4) is 5.75 Å². The first-order valence-corrected chi connectivity index (χ1v) is 5.68. The molecule has 4 nitrogen and oxygen atoms in total. The van der Waals surface area contributed by atoms with Crippen LogP contribution in [-0.4, -0.2) is 24.8 Å². The van der Waals surface area contributed by atoms with E-state index in [2.05, 4.69) is 20.7 Å². The van der Waals surface area contributed by atoms with E-state index >= 15 is 0 Å². The number of carbonyl (C=O) groups is 1. The van der Waals surface area contributed by atoms with E-state index in [9.17, 15) is 14.3 Å². The number of hydrogen-bond acceptors (Lipinski definition) is 4. The highest BCUT2D eigenvalue weighted by atomic mass is 79.9. The zero-order chi connectivity index (χ0) is 13.0. The van der Waals surface area contributed by atoms with E-state index in [-0.39, 0.29) is 17.9 Å². The molecule has 1 N–H and O–H groups in total. The number of hydrogen-bond donors (Lipinski definition) is 1. The van der Waals surface area contributed by atoms with Crippen LogP contribution >= 0.6 is 15.9 Å². The van der Waals surface area contributed by atoms with Gasteiger partial charge >= 0.3 is 5.97 Å². The van der Waals surface area contributed by atoms with E-state index < -0.39 is 17.9 Å². The number of methoxy groups -OCH3 is 1. The lowest BCUT2D eigenvalue weighted by Crippen LogP contribution is -2.16. The van der Waals surface area contributed by atoms with Gasteiger partial charge in [0.2, 0.25) is 0 Å². The van der Waals surface area contributed by atoms with Crippen LogP contribution in [0.4, 0.5) is 4.39 Å². The van der Waals surface area contributed by atoms with Crippen molar-refractivity contribution in [1.29, 1.82) is 0 Å². The highest BCUT2D eigenvalue weighted by molar-refractivity contribution is 9.10. The molecule has 0 saturated heterocycles. The maximum atomic E-state index is 13.5. The van der Waals surface area contributed by atoms with Gasteiger partial charge in [0.15, 0.2) is 17.7 Å². The Bertz CT molecular complexity index is 422. The summed E-state index contributed by atoms with van der Waals surface area (Å²) >= 11 is 3.07. The van der Waals surface area contributed by atoms with E-state index in [1.807, 2.05) is 0 Å². The van der Waals surface area contributed by atoms with E-state index in [4.69, 9.17) is 4.74 Å². The minimum atomic E-state index is -1.57. The number of halogens is 2. The molecule has 0 aliphatic rings. The molecule has 1 unspecified atom stereocenters. The molecule has 1 aromatic rings. The average molecular weight is 307 g/mol. The van der Waals surface area contributed by atoms with Crippen LogP contribution in [0.1, 0.15) is 18.6 Å². The first kappa shape index (κ1) is 13.9. The summed E-state index contributed by atoms with van der Waals surface area (Å²) in [4.78, 5) is 11.4. The smallest absolute Gasteiger partial charge is 0.339 e. The molecular formula is C11H12BrFO4. The number of ether oxygens (including phenoxy) is 2. The van der Waals surface area contributed by atoms with Crippen molar-refractivity contribution in [3.63, 3.8) is 0 Å². The van der Waals surface area contributed by atoms with Crippen molar-refractivity contribution >= 4 is 21.9 Å². The second kappa shape index (κ2) is 5.97. The molecule has 0 aliphatic carbocycles. The van der Waals surface area contributed by atoms with Crippen LogP contribution < -0.4 is 4.74 Å². The van der Waals surface area contributed by atoms with Gasteiger partial charge < -0.3 is 14.6 Å². The molecule has 0 fully saturated rings. The molecule has 94 valence electrons. The molecule has 1 rings (SSSR count). The lowest BCUT2D eigenvalue weighted by atomic mass is 10.1. The van der Waals surface area contributed by atoms with Gasteiger partial charge in [-0.05, 0) is 19.1 Å².